The number of unbranched alkanes of at least 4 members (excludes halogenated alkanes) is 2. The second-order valence-electron chi connectivity index (χ2n) is 6.30. The predicted molar refractivity (Wildman–Crippen MR) is 95.7 cm³/mol. The van der Waals surface area contributed by atoms with Crippen LogP contribution in [0.25, 0.3) is 0 Å². The highest BCUT2D eigenvalue weighted by Gasteiger charge is 2.35. The summed E-state index contributed by atoms with van der Waals surface area (Å²) in [6.45, 7) is 7.26. The lowest BCUT2D eigenvalue weighted by molar-refractivity contribution is -0.138. The number of carbonyl (C=O) groups excluding carboxylic acids is 3. The molecule has 0 bridgehead atoms. The van der Waals surface area contributed by atoms with E-state index in [2.05, 4.69) is 22.9 Å². The summed E-state index contributed by atoms with van der Waals surface area (Å²) in [6.07, 6.45) is 3.02. The highest BCUT2D eigenvalue weighted by atomic mass is 16.2. The van der Waals surface area contributed by atoms with E-state index in [4.69, 9.17) is 0 Å². The van der Waals surface area contributed by atoms with E-state index < -0.39 is 11.3 Å². The molecule has 0 radical (unpaired) electrons. The van der Waals surface area contributed by atoms with Crippen LogP contribution in [-0.4, -0.2) is 24.3 Å². The van der Waals surface area contributed by atoms with E-state index in [1.807, 2.05) is 0 Å². The molecule has 0 saturated carbocycles. The Kier molecular flexibility index (Phi) is 7.42. The van der Waals surface area contributed by atoms with E-state index in [1.54, 1.807) is 38.1 Å². The quantitative estimate of drug-likeness (QED) is 0.505. The number of amides is 3. The number of benzene rings is 1. The van der Waals surface area contributed by atoms with Crippen molar-refractivity contribution < 1.29 is 14.4 Å². The van der Waals surface area contributed by atoms with Crippen LogP contribution in [0, 0.1) is 5.41 Å². The van der Waals surface area contributed by atoms with Gasteiger partial charge in [0.2, 0.25) is 17.7 Å². The summed E-state index contributed by atoms with van der Waals surface area (Å²) >= 11 is 0. The third kappa shape index (κ3) is 6.02. The minimum absolute atomic E-state index is 0.190. The maximum absolute atomic E-state index is 12.4. The zero-order valence-corrected chi connectivity index (χ0v) is 14.9. The second-order valence-corrected chi connectivity index (χ2v) is 6.30. The minimum Gasteiger partial charge on any atom is -0.355 e. The maximum atomic E-state index is 12.4. The molecule has 3 N–H and O–H groups in total. The first kappa shape index (κ1) is 19.7. The predicted octanol–water partition coefficient (Wildman–Crippen LogP) is 2.92. The van der Waals surface area contributed by atoms with Gasteiger partial charge in [-0.1, -0.05) is 25.8 Å². The van der Waals surface area contributed by atoms with Crippen molar-refractivity contribution in [3.63, 3.8) is 0 Å². The van der Waals surface area contributed by atoms with E-state index >= 15 is 0 Å². The average molecular weight is 333 g/mol. The van der Waals surface area contributed by atoms with Crippen LogP contribution >= 0.6 is 0 Å². The third-order valence-corrected chi connectivity index (χ3v) is 3.64. The van der Waals surface area contributed by atoms with Gasteiger partial charge in [-0.05, 0) is 38.5 Å². The standard InChI is InChI=1S/C18H27N3O3/c1-5-6-7-11-19-16(23)18(3,4)17(24)21-15-10-8-9-14(12-15)20-13(2)22/h8-10,12H,5-7,11H2,1-4H3,(H,19,23)(H,20,22)(H,21,24). The van der Waals surface area contributed by atoms with E-state index in [9.17, 15) is 14.4 Å². The van der Waals surface area contributed by atoms with Gasteiger partial charge in [-0.15, -0.1) is 0 Å². The van der Waals surface area contributed by atoms with Crippen molar-refractivity contribution in [2.45, 2.75) is 47.0 Å². The number of hydrogen-bond acceptors (Lipinski definition) is 3. The molecule has 3 amide bonds. The van der Waals surface area contributed by atoms with E-state index in [1.165, 1.54) is 6.92 Å². The van der Waals surface area contributed by atoms with Gasteiger partial charge in [0, 0.05) is 24.8 Å². The number of nitrogens with one attached hydrogen (secondary N) is 3. The van der Waals surface area contributed by atoms with E-state index in [0.717, 1.165) is 19.3 Å². The number of anilines is 2. The van der Waals surface area contributed by atoms with Gasteiger partial charge in [0.05, 0.1) is 0 Å². The monoisotopic (exact) mass is 333 g/mol. The number of carbonyl (C=O) groups is 3. The molecule has 24 heavy (non-hydrogen) atoms. The van der Waals surface area contributed by atoms with Gasteiger partial charge in [-0.3, -0.25) is 14.4 Å². The zero-order valence-electron chi connectivity index (χ0n) is 14.9. The van der Waals surface area contributed by atoms with Crippen molar-refractivity contribution in [3.8, 4) is 0 Å². The van der Waals surface area contributed by atoms with Gasteiger partial charge in [0.1, 0.15) is 5.41 Å². The molecular weight excluding hydrogens is 306 g/mol. The summed E-state index contributed by atoms with van der Waals surface area (Å²) in [5, 5.41) is 8.18. The van der Waals surface area contributed by atoms with E-state index in [-0.39, 0.29) is 11.8 Å². The normalized spacial score (nSPS) is 10.8. The van der Waals surface area contributed by atoms with Crippen LogP contribution in [-0.2, 0) is 14.4 Å². The van der Waals surface area contributed by atoms with Crippen molar-refractivity contribution in [2.75, 3.05) is 17.2 Å². The lowest BCUT2D eigenvalue weighted by Crippen LogP contribution is -2.45. The van der Waals surface area contributed by atoms with Gasteiger partial charge in [0.25, 0.3) is 0 Å². The smallest absolute Gasteiger partial charge is 0.239 e. The van der Waals surface area contributed by atoms with Crippen LogP contribution in [0.1, 0.15) is 47.0 Å². The topological polar surface area (TPSA) is 87.3 Å². The molecule has 0 aliphatic rings. The lowest BCUT2D eigenvalue weighted by Gasteiger charge is -2.23. The Bertz CT molecular complexity index is 597. The van der Waals surface area contributed by atoms with Crippen LogP contribution in [0.4, 0.5) is 11.4 Å². The van der Waals surface area contributed by atoms with Gasteiger partial charge >= 0.3 is 0 Å². The highest BCUT2D eigenvalue weighted by Crippen LogP contribution is 2.21. The third-order valence-electron chi connectivity index (χ3n) is 3.64. The number of rotatable bonds is 8. The molecule has 0 aliphatic heterocycles. The molecule has 1 aromatic rings. The summed E-state index contributed by atoms with van der Waals surface area (Å²) < 4.78 is 0. The molecule has 0 aromatic heterocycles. The van der Waals surface area contributed by atoms with Crippen LogP contribution in [0.2, 0.25) is 0 Å². The van der Waals surface area contributed by atoms with Crippen LogP contribution < -0.4 is 16.0 Å². The zero-order chi connectivity index (χ0) is 18.2. The Morgan fingerprint density at radius 2 is 1.62 bits per heavy atom. The van der Waals surface area contributed by atoms with E-state index in [0.29, 0.717) is 17.9 Å². The van der Waals surface area contributed by atoms with Crippen LogP contribution in [0.15, 0.2) is 24.3 Å². The molecule has 0 fully saturated rings. The van der Waals surface area contributed by atoms with Gasteiger partial charge < -0.3 is 16.0 Å². The summed E-state index contributed by atoms with van der Waals surface area (Å²) in [6, 6.07) is 6.80. The molecule has 6 heteroatoms. The fraction of sp³-hybridized carbons (Fsp3) is 0.500. The molecule has 0 aliphatic carbocycles. The molecule has 0 unspecified atom stereocenters. The Morgan fingerprint density at radius 1 is 1.00 bits per heavy atom. The Balaban J connectivity index is 2.67. The highest BCUT2D eigenvalue weighted by molar-refractivity contribution is 6.10. The summed E-state index contributed by atoms with van der Waals surface area (Å²) in [4.78, 5) is 35.8. The summed E-state index contributed by atoms with van der Waals surface area (Å²) in [5.41, 5.74) is -0.0730. The molecule has 132 valence electrons. The van der Waals surface area contributed by atoms with Crippen molar-refractivity contribution in [2.24, 2.45) is 5.41 Å². The average Bonchev–Trinajstić information content (AvgIpc) is 2.50. The first-order chi connectivity index (χ1) is 11.3. The molecule has 6 nitrogen and oxygen atoms in total. The molecule has 0 atom stereocenters. The summed E-state index contributed by atoms with van der Waals surface area (Å²) in [5.74, 6) is -0.880. The van der Waals surface area contributed by atoms with Gasteiger partial charge in [-0.25, -0.2) is 0 Å². The Labute approximate surface area is 143 Å². The fourth-order valence-corrected chi connectivity index (χ4v) is 2.07. The molecule has 1 rings (SSSR count). The van der Waals surface area contributed by atoms with Crippen molar-refractivity contribution in [3.05, 3.63) is 24.3 Å². The van der Waals surface area contributed by atoms with Crippen molar-refractivity contribution in [1.82, 2.24) is 5.32 Å². The first-order valence-corrected chi connectivity index (χ1v) is 8.24. The number of hydrogen-bond donors (Lipinski definition) is 3. The van der Waals surface area contributed by atoms with Crippen molar-refractivity contribution >= 4 is 29.1 Å². The SMILES string of the molecule is CCCCCNC(=O)C(C)(C)C(=O)Nc1cccc(NC(C)=O)c1. The van der Waals surface area contributed by atoms with Crippen LogP contribution in [0.3, 0.4) is 0 Å². The molecular formula is C18H27N3O3. The lowest BCUT2D eigenvalue weighted by atomic mass is 9.91. The summed E-state index contributed by atoms with van der Waals surface area (Å²) in [7, 11) is 0. The largest absolute Gasteiger partial charge is 0.355 e. The second kappa shape index (κ2) is 9.05. The first-order valence-electron chi connectivity index (χ1n) is 8.24. The molecule has 1 aromatic carbocycles. The molecule has 0 heterocycles. The van der Waals surface area contributed by atoms with Crippen molar-refractivity contribution in [1.29, 1.82) is 0 Å². The fourth-order valence-electron chi connectivity index (χ4n) is 2.07. The van der Waals surface area contributed by atoms with Gasteiger partial charge in [-0.2, -0.15) is 0 Å². The Hall–Kier alpha value is -2.37. The minimum atomic E-state index is -1.18. The molecule has 0 spiro atoms. The maximum Gasteiger partial charge on any atom is 0.239 e. The van der Waals surface area contributed by atoms with Gasteiger partial charge in [0.15, 0.2) is 0 Å². The van der Waals surface area contributed by atoms with Crippen LogP contribution in [0.5, 0.6) is 0 Å². The molecule has 0 saturated heterocycles. The Morgan fingerprint density at radius 3 is 2.21 bits per heavy atom.